The first-order valence-corrected chi connectivity index (χ1v) is 6.92. The summed E-state index contributed by atoms with van der Waals surface area (Å²) in [5.41, 5.74) is 2.17. The highest BCUT2D eigenvalue weighted by Gasteiger charge is 2.28. The lowest BCUT2D eigenvalue weighted by Gasteiger charge is -2.34. The number of nitrogen functional groups attached to an aromatic ring is 1. The number of nitrogens with one attached hydrogen (secondary N) is 1. The molecule has 1 aromatic rings. The number of anilines is 1. The van der Waals surface area contributed by atoms with Crippen molar-refractivity contribution in [2.45, 2.75) is 38.6 Å². The second-order valence-electron chi connectivity index (χ2n) is 5.51. The Hall–Kier alpha value is -1.69. The normalized spacial score (nSPS) is 22.4. The van der Waals surface area contributed by atoms with Gasteiger partial charge in [-0.1, -0.05) is 19.8 Å². The summed E-state index contributed by atoms with van der Waals surface area (Å²) in [6.07, 6.45) is 5.63. The van der Waals surface area contributed by atoms with E-state index in [1.807, 2.05) is 0 Å². The average Bonchev–Trinajstić information content (AvgIpc) is 2.46. The monoisotopic (exact) mass is 280 g/mol. The molecule has 2 atom stereocenters. The van der Waals surface area contributed by atoms with E-state index in [2.05, 4.69) is 17.3 Å². The molecule has 1 heterocycles. The molecule has 6 heteroatoms. The number of nitrogens with two attached hydrogens (primary N) is 1. The minimum Gasteiger partial charge on any atom is -0.339 e. The van der Waals surface area contributed by atoms with Crippen LogP contribution in [0.2, 0.25) is 0 Å². The number of nitrogens with zero attached hydrogens (tertiary/aromatic N) is 2. The molecule has 1 fully saturated rings. The fourth-order valence-corrected chi connectivity index (χ4v) is 2.82. The number of pyridine rings is 1. The van der Waals surface area contributed by atoms with E-state index in [0.29, 0.717) is 5.92 Å². The number of amides is 1. The topological polar surface area (TPSA) is 71.2 Å². The summed E-state index contributed by atoms with van der Waals surface area (Å²) in [5.74, 6) is 4.66. The summed E-state index contributed by atoms with van der Waals surface area (Å²) in [6.45, 7) is 2.19. The lowest BCUT2D eigenvalue weighted by molar-refractivity contribution is 0.0667. The molecule has 0 radical (unpaired) electrons. The first-order valence-electron chi connectivity index (χ1n) is 6.92. The maximum atomic E-state index is 14.1. The number of halogens is 1. The fraction of sp³-hybridized carbons (Fsp3) is 0.571. The molecule has 20 heavy (non-hydrogen) atoms. The first kappa shape index (κ1) is 14.7. The summed E-state index contributed by atoms with van der Waals surface area (Å²) >= 11 is 0. The molecule has 1 amide bonds. The minimum absolute atomic E-state index is 0.00803. The molecule has 3 N–H and O–H groups in total. The van der Waals surface area contributed by atoms with Crippen LogP contribution in [0, 0.1) is 11.7 Å². The van der Waals surface area contributed by atoms with Gasteiger partial charge in [-0.05, 0) is 24.8 Å². The highest BCUT2D eigenvalue weighted by atomic mass is 19.1. The molecule has 1 saturated carbocycles. The van der Waals surface area contributed by atoms with E-state index < -0.39 is 5.82 Å². The van der Waals surface area contributed by atoms with Gasteiger partial charge in [0, 0.05) is 19.3 Å². The Balaban J connectivity index is 2.18. The molecule has 0 aliphatic heterocycles. The van der Waals surface area contributed by atoms with Gasteiger partial charge in [-0.2, -0.15) is 0 Å². The Kier molecular flexibility index (Phi) is 4.54. The van der Waals surface area contributed by atoms with E-state index in [4.69, 9.17) is 5.84 Å². The number of hydrogen-bond acceptors (Lipinski definition) is 4. The Labute approximate surface area is 118 Å². The van der Waals surface area contributed by atoms with Crippen LogP contribution in [-0.2, 0) is 0 Å². The van der Waals surface area contributed by atoms with Crippen molar-refractivity contribution < 1.29 is 9.18 Å². The number of carbonyl (C=O) groups excluding carboxylic acids is 1. The second kappa shape index (κ2) is 6.17. The van der Waals surface area contributed by atoms with Crippen molar-refractivity contribution in [3.63, 3.8) is 0 Å². The van der Waals surface area contributed by atoms with Gasteiger partial charge >= 0.3 is 0 Å². The largest absolute Gasteiger partial charge is 0.339 e. The zero-order chi connectivity index (χ0) is 14.7. The second-order valence-corrected chi connectivity index (χ2v) is 5.51. The van der Waals surface area contributed by atoms with Gasteiger partial charge in [-0.15, -0.1) is 0 Å². The Morgan fingerprint density at radius 1 is 1.55 bits per heavy atom. The molecule has 0 spiro atoms. The number of rotatable bonds is 3. The van der Waals surface area contributed by atoms with E-state index >= 15 is 0 Å². The van der Waals surface area contributed by atoms with Crippen molar-refractivity contribution >= 4 is 11.7 Å². The van der Waals surface area contributed by atoms with Gasteiger partial charge in [0.05, 0.1) is 5.56 Å². The van der Waals surface area contributed by atoms with Gasteiger partial charge in [0.2, 0.25) is 0 Å². The number of hydrogen-bond donors (Lipinski definition) is 2. The minimum atomic E-state index is -0.698. The molecule has 1 aromatic heterocycles. The molecule has 2 rings (SSSR count). The quantitative estimate of drug-likeness (QED) is 0.657. The van der Waals surface area contributed by atoms with Gasteiger partial charge in [-0.25, -0.2) is 15.2 Å². The summed E-state index contributed by atoms with van der Waals surface area (Å²) in [5, 5.41) is 0. The summed E-state index contributed by atoms with van der Waals surface area (Å²) in [6, 6.07) is 1.56. The predicted octanol–water partition coefficient (Wildman–Crippen LogP) is 2.16. The maximum absolute atomic E-state index is 14.1. The summed E-state index contributed by atoms with van der Waals surface area (Å²) < 4.78 is 14.1. The van der Waals surface area contributed by atoms with Crippen molar-refractivity contribution in [1.82, 2.24) is 9.88 Å². The number of hydrazine groups is 1. The van der Waals surface area contributed by atoms with E-state index in [0.717, 1.165) is 19.3 Å². The molecule has 5 nitrogen and oxygen atoms in total. The fourth-order valence-electron chi connectivity index (χ4n) is 2.82. The highest BCUT2D eigenvalue weighted by Crippen LogP contribution is 2.28. The molecule has 0 saturated heterocycles. The Bertz CT molecular complexity index is 494. The van der Waals surface area contributed by atoms with E-state index in [1.54, 1.807) is 11.9 Å². The molecule has 2 unspecified atom stereocenters. The maximum Gasteiger partial charge on any atom is 0.257 e. The van der Waals surface area contributed by atoms with Crippen molar-refractivity contribution in [2.24, 2.45) is 11.8 Å². The van der Waals surface area contributed by atoms with E-state index in [-0.39, 0.29) is 23.3 Å². The van der Waals surface area contributed by atoms with Crippen LogP contribution in [0.3, 0.4) is 0 Å². The third kappa shape index (κ3) is 2.90. The first-order chi connectivity index (χ1) is 9.54. The third-order valence-electron chi connectivity index (χ3n) is 4.03. The summed E-state index contributed by atoms with van der Waals surface area (Å²) in [4.78, 5) is 17.8. The van der Waals surface area contributed by atoms with Crippen molar-refractivity contribution in [3.05, 3.63) is 23.6 Å². The van der Waals surface area contributed by atoms with Gasteiger partial charge < -0.3 is 10.3 Å². The SMILES string of the molecule is CC1CCCC(N(C)C(=O)c2ccnc(NN)c2F)C1. The van der Waals surface area contributed by atoms with Crippen molar-refractivity contribution in [2.75, 3.05) is 12.5 Å². The molecule has 1 aliphatic rings. The van der Waals surface area contributed by atoms with E-state index in [1.165, 1.54) is 18.7 Å². The predicted molar refractivity (Wildman–Crippen MR) is 75.5 cm³/mol. The van der Waals surface area contributed by atoms with Gasteiger partial charge in [0.25, 0.3) is 5.91 Å². The molecule has 110 valence electrons. The third-order valence-corrected chi connectivity index (χ3v) is 4.03. The van der Waals surface area contributed by atoms with Gasteiger partial charge in [0.15, 0.2) is 11.6 Å². The zero-order valence-electron chi connectivity index (χ0n) is 11.9. The molecule has 0 aromatic carbocycles. The van der Waals surface area contributed by atoms with Crippen LogP contribution < -0.4 is 11.3 Å². The number of carbonyl (C=O) groups is 1. The summed E-state index contributed by atoms with van der Waals surface area (Å²) in [7, 11) is 1.74. The number of aromatic nitrogens is 1. The highest BCUT2D eigenvalue weighted by molar-refractivity contribution is 5.95. The Morgan fingerprint density at radius 3 is 2.95 bits per heavy atom. The van der Waals surface area contributed by atoms with Crippen LogP contribution in [0.15, 0.2) is 12.3 Å². The molecule has 0 bridgehead atoms. The molecule has 1 aliphatic carbocycles. The zero-order valence-corrected chi connectivity index (χ0v) is 11.9. The Morgan fingerprint density at radius 2 is 2.30 bits per heavy atom. The lowest BCUT2D eigenvalue weighted by atomic mass is 9.86. The van der Waals surface area contributed by atoms with Crippen LogP contribution in [0.25, 0.3) is 0 Å². The van der Waals surface area contributed by atoms with Crippen LogP contribution in [-0.4, -0.2) is 28.9 Å². The van der Waals surface area contributed by atoms with Crippen LogP contribution in [0.1, 0.15) is 43.0 Å². The van der Waals surface area contributed by atoms with Crippen molar-refractivity contribution in [1.29, 1.82) is 0 Å². The van der Waals surface area contributed by atoms with Crippen molar-refractivity contribution in [3.8, 4) is 0 Å². The average molecular weight is 280 g/mol. The van der Waals surface area contributed by atoms with Crippen LogP contribution in [0.5, 0.6) is 0 Å². The smallest absolute Gasteiger partial charge is 0.257 e. The van der Waals surface area contributed by atoms with E-state index in [9.17, 15) is 9.18 Å². The lowest BCUT2D eigenvalue weighted by Crippen LogP contribution is -2.40. The van der Waals surface area contributed by atoms with Gasteiger partial charge in [-0.3, -0.25) is 4.79 Å². The van der Waals surface area contributed by atoms with Gasteiger partial charge in [0.1, 0.15) is 0 Å². The van der Waals surface area contributed by atoms with Crippen LogP contribution >= 0.6 is 0 Å². The van der Waals surface area contributed by atoms with Crippen LogP contribution in [0.4, 0.5) is 10.2 Å². The molecular weight excluding hydrogens is 259 g/mol. The standard InChI is InChI=1S/C14H21FN4O/c1-9-4-3-5-10(8-9)19(2)14(20)11-6-7-17-13(18-16)12(11)15/h6-7,9-10H,3-5,8,16H2,1-2H3,(H,17,18). The molecular formula is C14H21FN4O.